The van der Waals surface area contributed by atoms with Crippen molar-refractivity contribution in [3.63, 3.8) is 0 Å². The van der Waals surface area contributed by atoms with Crippen LogP contribution in [0.25, 0.3) is 67.5 Å². The first-order valence-electron chi connectivity index (χ1n) is 19.1. The van der Waals surface area contributed by atoms with Gasteiger partial charge in [0, 0.05) is 44.5 Å². The molecule has 2 aliphatic rings. The number of fused-ring (bicyclic) bond motifs is 4. The molecule has 0 fully saturated rings. The van der Waals surface area contributed by atoms with Gasteiger partial charge in [0.2, 0.25) is 11.6 Å². The van der Waals surface area contributed by atoms with Gasteiger partial charge in [0.25, 0.3) is 0 Å². The molecule has 2 aromatic heterocycles. The SMILES string of the molecule is Cc1cc2c(c(O)c1-c1c(C)cc3c(c1O)/C(=C/c1c(O)c4ccccc4oc1=O)C(=O)C(O)=C3C(C)C)/C(=C/c1c(O)c3ccccc3oc1=O)C(=O)C(O)=C2C(C)C. The summed E-state index contributed by atoms with van der Waals surface area (Å²) in [6, 6.07) is 15.7. The number of carbonyl (C=O) groups excluding carboxylic acids is 2. The van der Waals surface area contributed by atoms with E-state index in [-0.39, 0.29) is 77.6 Å². The molecule has 0 saturated heterocycles. The van der Waals surface area contributed by atoms with E-state index in [0.29, 0.717) is 11.1 Å². The Morgan fingerprint density at radius 2 is 0.850 bits per heavy atom. The Morgan fingerprint density at radius 3 is 1.20 bits per heavy atom. The van der Waals surface area contributed by atoms with E-state index in [0.717, 1.165) is 12.2 Å². The van der Waals surface area contributed by atoms with E-state index in [1.165, 1.54) is 24.3 Å². The molecule has 60 heavy (non-hydrogen) atoms. The maximum Gasteiger partial charge on any atom is 0.347 e. The minimum atomic E-state index is -0.992. The van der Waals surface area contributed by atoms with Crippen LogP contribution in [0.3, 0.4) is 0 Å². The van der Waals surface area contributed by atoms with Crippen LogP contribution in [-0.4, -0.2) is 42.2 Å². The highest BCUT2D eigenvalue weighted by molar-refractivity contribution is 6.38. The number of hydrogen-bond donors (Lipinski definition) is 6. The smallest absolute Gasteiger partial charge is 0.347 e. The van der Waals surface area contributed by atoms with Gasteiger partial charge in [-0.3, -0.25) is 9.59 Å². The van der Waals surface area contributed by atoms with Gasteiger partial charge in [0.05, 0.1) is 10.8 Å². The van der Waals surface area contributed by atoms with Gasteiger partial charge in [0.15, 0.2) is 11.5 Å². The maximum absolute atomic E-state index is 14.1. The van der Waals surface area contributed by atoms with Crippen LogP contribution < -0.4 is 11.3 Å². The van der Waals surface area contributed by atoms with Crippen LogP contribution in [0.2, 0.25) is 0 Å². The molecule has 2 aliphatic carbocycles. The molecule has 0 unspecified atom stereocenters. The number of phenolic OH excluding ortho intramolecular Hbond substituents is 2. The molecular formula is C48H38O12. The zero-order valence-electron chi connectivity index (χ0n) is 33.2. The third kappa shape index (κ3) is 5.74. The lowest BCUT2D eigenvalue weighted by atomic mass is 9.75. The summed E-state index contributed by atoms with van der Waals surface area (Å²) in [4.78, 5) is 54.9. The first-order valence-corrected chi connectivity index (χ1v) is 19.1. The molecule has 12 heteroatoms. The van der Waals surface area contributed by atoms with Gasteiger partial charge in [-0.2, -0.15) is 0 Å². The van der Waals surface area contributed by atoms with Gasteiger partial charge in [-0.1, -0.05) is 64.1 Å². The fraction of sp³-hybridized carbons (Fsp3) is 0.167. The van der Waals surface area contributed by atoms with Crippen LogP contribution in [0.1, 0.15) is 72.2 Å². The molecule has 0 bridgehead atoms. The quantitative estimate of drug-likeness (QED) is 0.0710. The van der Waals surface area contributed by atoms with Crippen molar-refractivity contribution < 1.29 is 49.1 Å². The lowest BCUT2D eigenvalue weighted by molar-refractivity contribution is -0.113. The molecule has 0 aliphatic heterocycles. The van der Waals surface area contributed by atoms with Crippen molar-refractivity contribution in [2.45, 2.75) is 41.5 Å². The Hall–Kier alpha value is -7.60. The van der Waals surface area contributed by atoms with Crippen LogP contribution in [0.5, 0.6) is 23.0 Å². The number of aliphatic hydroxyl groups is 2. The second-order valence-corrected chi connectivity index (χ2v) is 15.6. The topological polar surface area (TPSA) is 216 Å². The first kappa shape index (κ1) is 39.2. The Bertz CT molecular complexity index is 2980. The third-order valence-electron chi connectivity index (χ3n) is 11.2. The number of benzene rings is 4. The lowest BCUT2D eigenvalue weighted by Gasteiger charge is -2.29. The van der Waals surface area contributed by atoms with Gasteiger partial charge in [-0.25, -0.2) is 9.59 Å². The van der Waals surface area contributed by atoms with Crippen molar-refractivity contribution in [2.75, 3.05) is 0 Å². The van der Waals surface area contributed by atoms with E-state index in [9.17, 15) is 49.8 Å². The number of phenols is 2. The molecular weight excluding hydrogens is 769 g/mol. The van der Waals surface area contributed by atoms with Crippen molar-refractivity contribution >= 4 is 67.9 Å². The third-order valence-corrected chi connectivity index (χ3v) is 11.2. The highest BCUT2D eigenvalue weighted by Crippen LogP contribution is 2.54. The molecule has 8 rings (SSSR count). The summed E-state index contributed by atoms with van der Waals surface area (Å²) >= 11 is 0. The Kier molecular flexibility index (Phi) is 9.19. The van der Waals surface area contributed by atoms with Crippen molar-refractivity contribution in [1.82, 2.24) is 0 Å². The highest BCUT2D eigenvalue weighted by atomic mass is 16.4. The summed E-state index contributed by atoms with van der Waals surface area (Å²) in [6.45, 7) is 10.3. The summed E-state index contributed by atoms with van der Waals surface area (Å²) in [5.41, 5.74) is -1.95. The van der Waals surface area contributed by atoms with Gasteiger partial charge in [-0.05, 0) is 84.4 Å². The van der Waals surface area contributed by atoms with Crippen LogP contribution in [0.4, 0.5) is 0 Å². The Labute approximate surface area is 341 Å². The largest absolute Gasteiger partial charge is 0.507 e. The Morgan fingerprint density at radius 1 is 0.500 bits per heavy atom. The number of ketones is 2. The minimum Gasteiger partial charge on any atom is -0.507 e. The fourth-order valence-electron chi connectivity index (χ4n) is 8.47. The summed E-state index contributed by atoms with van der Waals surface area (Å²) in [5, 5.41) is 70.6. The molecule has 0 amide bonds. The molecule has 6 N–H and O–H groups in total. The molecule has 6 aromatic rings. The van der Waals surface area contributed by atoms with E-state index < -0.39 is 80.3 Å². The number of hydrogen-bond acceptors (Lipinski definition) is 12. The second kappa shape index (κ2) is 14.0. The second-order valence-electron chi connectivity index (χ2n) is 15.6. The predicted molar refractivity (Wildman–Crippen MR) is 228 cm³/mol. The van der Waals surface area contributed by atoms with Gasteiger partial charge in [-0.15, -0.1) is 0 Å². The number of allylic oxidation sites excluding steroid dienone is 4. The van der Waals surface area contributed by atoms with Gasteiger partial charge >= 0.3 is 11.3 Å². The maximum atomic E-state index is 14.1. The molecule has 2 heterocycles. The van der Waals surface area contributed by atoms with Gasteiger partial charge < -0.3 is 39.5 Å². The van der Waals surface area contributed by atoms with Crippen molar-refractivity contribution in [3.05, 3.63) is 138 Å². The summed E-state index contributed by atoms with van der Waals surface area (Å²) in [5.74, 6) is -6.15. The number of carbonyl (C=O) groups is 2. The number of para-hydroxylation sites is 2. The molecule has 302 valence electrons. The normalized spacial score (nSPS) is 15.7. The summed E-state index contributed by atoms with van der Waals surface area (Å²) in [6.07, 6.45) is 2.09. The summed E-state index contributed by atoms with van der Waals surface area (Å²) in [7, 11) is 0. The van der Waals surface area contributed by atoms with Crippen molar-refractivity contribution in [3.8, 4) is 34.1 Å². The zero-order valence-corrected chi connectivity index (χ0v) is 33.2. The van der Waals surface area contributed by atoms with Crippen LogP contribution in [0, 0.1) is 25.7 Å². The number of aryl methyl sites for hydroxylation is 2. The predicted octanol–water partition coefficient (Wildman–Crippen LogP) is 9.10. The molecule has 4 aromatic carbocycles. The van der Waals surface area contributed by atoms with Crippen LogP contribution >= 0.6 is 0 Å². The average molecular weight is 807 g/mol. The standard InChI is InChI=1S/C48H38O12/c1-19(2)33-25-15-21(5)35(43(53)37(25)27(41(51)45(33)55)17-29-39(49)23-11-7-9-13-31(23)59-47(29)57)36-22(6)16-26-34(20(3)4)46(56)42(52)28(38(26)44(36)54)18-30-40(50)24-12-8-10-14-32(24)60-48(30)58/h7-20,49-50,53-56H,1-6H3/b27-17-,28-18-. The molecule has 12 nitrogen and oxygen atoms in total. The fourth-order valence-corrected chi connectivity index (χ4v) is 8.47. The molecule has 0 spiro atoms. The number of rotatable bonds is 5. The lowest BCUT2D eigenvalue weighted by Crippen LogP contribution is -2.20. The van der Waals surface area contributed by atoms with Crippen molar-refractivity contribution in [1.29, 1.82) is 0 Å². The van der Waals surface area contributed by atoms with E-state index in [1.807, 2.05) is 0 Å². The monoisotopic (exact) mass is 806 g/mol. The highest BCUT2D eigenvalue weighted by Gasteiger charge is 2.39. The van der Waals surface area contributed by atoms with E-state index in [1.54, 1.807) is 77.9 Å². The van der Waals surface area contributed by atoms with E-state index in [4.69, 9.17) is 8.83 Å². The van der Waals surface area contributed by atoms with Crippen LogP contribution in [0.15, 0.2) is 90.6 Å². The minimum absolute atomic E-state index is 0.00857. The molecule has 0 radical (unpaired) electrons. The molecule has 0 saturated carbocycles. The van der Waals surface area contributed by atoms with Crippen molar-refractivity contribution in [2.24, 2.45) is 11.8 Å². The van der Waals surface area contributed by atoms with Crippen LogP contribution in [-0.2, 0) is 9.59 Å². The summed E-state index contributed by atoms with van der Waals surface area (Å²) < 4.78 is 10.9. The van der Waals surface area contributed by atoms with Gasteiger partial charge in [0.1, 0.15) is 45.3 Å². The van der Waals surface area contributed by atoms with E-state index in [2.05, 4.69) is 0 Å². The molecule has 0 atom stereocenters. The number of aliphatic hydroxyl groups excluding tert-OH is 2. The number of Topliss-reactive ketones (excluding diaryl/α,β-unsaturated/α-hetero) is 2. The van der Waals surface area contributed by atoms with E-state index >= 15 is 0 Å². The zero-order chi connectivity index (χ0) is 43.2. The number of aromatic hydroxyl groups is 4. The Balaban J connectivity index is 1.45. The average Bonchev–Trinajstić information content (AvgIpc) is 3.18. The first-order chi connectivity index (χ1) is 28.4.